The number of Topliss-reactive ketones (excluding diaryl/α,β-unsaturated/α-hetero) is 1. The molecule has 0 aromatic heterocycles. The molecule has 8 atom stereocenters. The van der Waals surface area contributed by atoms with Crippen LogP contribution in [0.1, 0.15) is 66.3 Å². The van der Waals surface area contributed by atoms with Gasteiger partial charge in [-0.05, 0) is 43.3 Å². The lowest BCUT2D eigenvalue weighted by molar-refractivity contribution is -0.287. The molecule has 27 heteroatoms. The van der Waals surface area contributed by atoms with E-state index in [1.54, 1.807) is 0 Å². The van der Waals surface area contributed by atoms with Gasteiger partial charge in [0.1, 0.15) is 18.5 Å². The van der Waals surface area contributed by atoms with E-state index >= 15 is 0 Å². The predicted octanol–water partition coefficient (Wildman–Crippen LogP) is -0.0722. The maximum atomic E-state index is 14.8. The van der Waals surface area contributed by atoms with E-state index in [1.165, 1.54) is 0 Å². The first kappa shape index (κ1) is 46.9. The van der Waals surface area contributed by atoms with Crippen molar-refractivity contribution in [3.05, 3.63) is 69.8 Å². The third kappa shape index (κ3) is 6.88. The average molecular weight is 993 g/mol. The molecule has 4 aromatic rings. The molecule has 4 heterocycles. The van der Waals surface area contributed by atoms with E-state index in [9.17, 15) is 99.9 Å². The summed E-state index contributed by atoms with van der Waals surface area (Å²) in [4.78, 5) is 98.4. The minimum absolute atomic E-state index is 0.338. The van der Waals surface area contributed by atoms with Crippen molar-refractivity contribution in [3.63, 3.8) is 0 Å². The lowest BCUT2D eigenvalue weighted by Gasteiger charge is -2.45. The first-order valence-electron chi connectivity index (χ1n) is 20.2. The predicted molar refractivity (Wildman–Crippen MR) is 217 cm³/mol. The van der Waals surface area contributed by atoms with Crippen LogP contribution >= 0.6 is 0 Å². The molecule has 1 aliphatic carbocycles. The number of phenolic OH excluding ortho intramolecular Hbond substituents is 11. The number of hydrogen-bond donors (Lipinski definition) is 13. The smallest absolute Gasteiger partial charge is 0.340 e. The van der Waals surface area contributed by atoms with Gasteiger partial charge in [0.05, 0.1) is 33.7 Å². The Bertz CT molecular complexity index is 3150. The number of hydrogen-bond acceptors (Lipinski definition) is 27. The fourth-order valence-corrected chi connectivity index (χ4v) is 8.90. The second-order valence-electron chi connectivity index (χ2n) is 16.5. The molecule has 0 amide bonds. The molecule has 1 fully saturated rings. The molecule has 4 bridgehead atoms. The number of carbonyl (C=O) groups is 7. The monoisotopic (exact) mass is 992 g/mol. The lowest BCUT2D eigenvalue weighted by Crippen LogP contribution is -2.67. The summed E-state index contributed by atoms with van der Waals surface area (Å²) in [5.41, 5.74) is -11.4. The van der Waals surface area contributed by atoms with Crippen molar-refractivity contribution in [2.45, 2.75) is 61.4 Å². The minimum Gasteiger partial charge on any atom is -0.504 e. The highest BCUT2D eigenvalue weighted by Crippen LogP contribution is 2.61. The van der Waals surface area contributed by atoms with Crippen LogP contribution in [0.2, 0.25) is 0 Å². The molecule has 13 N–H and O–H groups in total. The van der Waals surface area contributed by atoms with E-state index in [1.807, 2.05) is 0 Å². The zero-order valence-electron chi connectivity index (χ0n) is 35.4. The van der Waals surface area contributed by atoms with Crippen LogP contribution in [0, 0.1) is 0 Å². The van der Waals surface area contributed by atoms with Crippen molar-refractivity contribution in [1.29, 1.82) is 0 Å². The van der Waals surface area contributed by atoms with Crippen molar-refractivity contribution in [2.24, 2.45) is 0 Å². The van der Waals surface area contributed by atoms with E-state index in [0.29, 0.717) is 36.4 Å². The molecule has 0 saturated carbocycles. The summed E-state index contributed by atoms with van der Waals surface area (Å²) in [6, 6.07) is 2.44. The number of fused-ring (bicyclic) bond motifs is 3. The van der Waals surface area contributed by atoms with Crippen LogP contribution in [0.5, 0.6) is 69.0 Å². The molecule has 0 unspecified atom stereocenters. The Morgan fingerprint density at radius 1 is 0.620 bits per heavy atom. The molecule has 4 aromatic carbocycles. The number of aromatic hydroxyl groups is 11. The van der Waals surface area contributed by atoms with Gasteiger partial charge in [0.2, 0.25) is 29.6 Å². The lowest BCUT2D eigenvalue weighted by atomic mass is 9.67. The first-order chi connectivity index (χ1) is 33.3. The second kappa shape index (κ2) is 15.9. The molecule has 0 spiro atoms. The van der Waals surface area contributed by atoms with E-state index in [4.69, 9.17) is 33.2 Å². The summed E-state index contributed by atoms with van der Waals surface area (Å²) in [5.74, 6) is -32.4. The Kier molecular flexibility index (Phi) is 10.5. The number of aliphatic hydroxyl groups is 2. The Labute approximate surface area is 391 Å². The standard InChI is InChI=1S/C44H32O27/c1-10(45)8-43(63)22(51)7-15-26-25-14(6-20(50)30(55)34(25)71-44(26,43)64)40(61)67-33-21-9-65-38(59)12-4-18(48)28(53)31(56)23(12)24-13(5-19(49)29(54)32(24)57)39(60)68-35(33)36(69-41(15)62)42(66-21)70-37(58)11-2-16(46)27(52)17(47)3-11/h2-7,21,26,33,35-36,42,46-50,52-57,63-64H,8-9H2,1H3/t21-,26-,33-,35+,36-,42+,43-,44+/m1/s1. The number of phenols is 11. The fourth-order valence-electron chi connectivity index (χ4n) is 8.90. The largest absolute Gasteiger partial charge is 0.504 e. The van der Waals surface area contributed by atoms with Gasteiger partial charge >= 0.3 is 29.8 Å². The topological polar surface area (TPSA) is 447 Å². The number of cyclic esters (lactones) is 1. The van der Waals surface area contributed by atoms with Crippen molar-refractivity contribution >= 4 is 41.4 Å². The van der Waals surface area contributed by atoms with Gasteiger partial charge in [-0.15, -0.1) is 0 Å². The first-order valence-corrected chi connectivity index (χ1v) is 20.2. The highest BCUT2D eigenvalue weighted by atomic mass is 16.7. The summed E-state index contributed by atoms with van der Waals surface area (Å²) in [7, 11) is 0. The van der Waals surface area contributed by atoms with Gasteiger partial charge in [-0.1, -0.05) is 0 Å². The molecule has 71 heavy (non-hydrogen) atoms. The van der Waals surface area contributed by atoms with Crippen molar-refractivity contribution < 1.29 is 133 Å². The number of esters is 5. The zero-order chi connectivity index (χ0) is 51.7. The molecule has 5 aliphatic rings. The molecule has 9 rings (SSSR count). The van der Waals surface area contributed by atoms with Crippen molar-refractivity contribution in [2.75, 3.05) is 6.61 Å². The van der Waals surface area contributed by atoms with Gasteiger partial charge in [0.25, 0.3) is 5.79 Å². The van der Waals surface area contributed by atoms with Crippen LogP contribution in [0.25, 0.3) is 11.1 Å². The molecular formula is C44H32O27. The molecular weight excluding hydrogens is 960 g/mol. The summed E-state index contributed by atoms with van der Waals surface area (Å²) < 4.78 is 39.7. The highest BCUT2D eigenvalue weighted by molar-refractivity contribution is 6.11. The van der Waals surface area contributed by atoms with Gasteiger partial charge in [-0.25, -0.2) is 24.0 Å². The van der Waals surface area contributed by atoms with Gasteiger partial charge in [-0.2, -0.15) is 0 Å². The quantitative estimate of drug-likeness (QED) is 0.0723. The summed E-state index contributed by atoms with van der Waals surface area (Å²) in [6.07, 6.45) is -13.2. The van der Waals surface area contributed by atoms with Crippen molar-refractivity contribution in [1.82, 2.24) is 0 Å². The molecule has 4 aliphatic heterocycles. The van der Waals surface area contributed by atoms with E-state index in [2.05, 4.69) is 0 Å². The van der Waals surface area contributed by atoms with E-state index < -0.39 is 216 Å². The summed E-state index contributed by atoms with van der Waals surface area (Å²) >= 11 is 0. The van der Waals surface area contributed by atoms with Gasteiger partial charge in [0.15, 0.2) is 75.3 Å². The van der Waals surface area contributed by atoms with Crippen LogP contribution in [0.4, 0.5) is 0 Å². The normalized spacial score (nSPS) is 26.4. The Hall–Kier alpha value is -9.21. The zero-order valence-corrected chi connectivity index (χ0v) is 35.4. The minimum atomic E-state index is -3.56. The second-order valence-corrected chi connectivity index (χ2v) is 16.5. The number of rotatable bonds is 4. The SMILES string of the molecule is CC(=O)C[C@@]1(O)C(=O)C=C2C(=O)O[C@H]3[C@H](OC(=O)c4cc(O)c(O)c(O)c4)O[C@@H]4COC(=O)c5cc(O)c(O)c(O)c5-c5c(cc(O)c(O)c5O)C(=O)O[C@H]3[C@@H]4OC(=O)c3cc(O)c(O)c4c3[C@@H]2[C@]1(O)O4. The van der Waals surface area contributed by atoms with E-state index in [0.717, 1.165) is 6.92 Å². The van der Waals surface area contributed by atoms with Gasteiger partial charge in [0, 0.05) is 23.1 Å². The molecule has 27 nitrogen and oxygen atoms in total. The third-order valence-corrected chi connectivity index (χ3v) is 12.2. The number of carbonyl (C=O) groups excluding carboxylic acids is 7. The maximum absolute atomic E-state index is 14.8. The van der Waals surface area contributed by atoms with Crippen LogP contribution in [-0.4, -0.2) is 156 Å². The number of ether oxygens (including phenoxy) is 7. The summed E-state index contributed by atoms with van der Waals surface area (Å²) in [5, 5.41) is 141. The Morgan fingerprint density at radius 3 is 1.72 bits per heavy atom. The number of benzene rings is 4. The highest BCUT2D eigenvalue weighted by Gasteiger charge is 2.71. The van der Waals surface area contributed by atoms with Crippen molar-refractivity contribution in [3.8, 4) is 80.1 Å². The third-order valence-electron chi connectivity index (χ3n) is 12.2. The summed E-state index contributed by atoms with van der Waals surface area (Å²) in [6.45, 7) is -0.407. The average Bonchev–Trinajstić information content (AvgIpc) is 3.63. The van der Waals surface area contributed by atoms with Gasteiger partial charge < -0.3 is 99.5 Å². The molecule has 0 radical (unpaired) electrons. The number of ketones is 2. The Balaban J connectivity index is 1.30. The van der Waals surface area contributed by atoms with Crippen LogP contribution in [0.3, 0.4) is 0 Å². The van der Waals surface area contributed by atoms with Crippen LogP contribution in [0.15, 0.2) is 42.0 Å². The van der Waals surface area contributed by atoms with Gasteiger partial charge in [-0.3, -0.25) is 9.59 Å². The molecule has 1 saturated heterocycles. The fraction of sp³-hybridized carbons (Fsp3) is 0.250. The molecule has 370 valence electrons. The Morgan fingerprint density at radius 2 is 1.13 bits per heavy atom. The maximum Gasteiger partial charge on any atom is 0.340 e. The van der Waals surface area contributed by atoms with Crippen LogP contribution in [-0.2, 0) is 42.8 Å². The van der Waals surface area contributed by atoms with Crippen LogP contribution < -0.4 is 4.74 Å². The van der Waals surface area contributed by atoms with E-state index in [-0.39, 0.29) is 0 Å².